The lowest BCUT2D eigenvalue weighted by Crippen LogP contribution is -2.32. The standard InChI is InChI=1S/C51H41N3O/c1-32-24-29-46(37-17-13-16-36(30-37)39-27-25-33(2)52-34(39)3)53-50(35-14-5-4-6-15-35)54-49(32)38-26-28-41-40-18-7-8-19-42(40)51(45(41)31-38)43-20-9-11-22-47(43)55-48-23-12-10-21-44(48)51/h4-23,25-28,30-32,49H,24,29H2,1-3H3/b53-46+,54-50-. The molecule has 266 valence electrons. The Kier molecular flexibility index (Phi) is 7.95. The van der Waals surface area contributed by atoms with E-state index in [-0.39, 0.29) is 12.0 Å². The Hall–Kier alpha value is -6.39. The number of pyridine rings is 1. The van der Waals surface area contributed by atoms with Gasteiger partial charge in [0.1, 0.15) is 11.5 Å². The van der Waals surface area contributed by atoms with E-state index in [0.29, 0.717) is 0 Å². The number of para-hydroxylation sites is 2. The molecule has 10 rings (SSSR count). The zero-order chi connectivity index (χ0) is 37.1. The lowest BCUT2D eigenvalue weighted by molar-refractivity contribution is 0.434. The van der Waals surface area contributed by atoms with E-state index in [9.17, 15) is 0 Å². The van der Waals surface area contributed by atoms with Gasteiger partial charge in [0.05, 0.1) is 17.2 Å². The fourth-order valence-electron chi connectivity index (χ4n) is 9.25. The Morgan fingerprint density at radius 3 is 1.96 bits per heavy atom. The molecule has 6 aromatic carbocycles. The summed E-state index contributed by atoms with van der Waals surface area (Å²) in [6.07, 6.45) is 1.79. The van der Waals surface area contributed by atoms with E-state index in [1.807, 2.05) is 6.92 Å². The summed E-state index contributed by atoms with van der Waals surface area (Å²) in [6.45, 7) is 6.48. The van der Waals surface area contributed by atoms with Crippen molar-refractivity contribution in [1.82, 2.24) is 4.98 Å². The minimum Gasteiger partial charge on any atom is -0.457 e. The van der Waals surface area contributed by atoms with Crippen molar-refractivity contribution in [1.29, 1.82) is 0 Å². The van der Waals surface area contributed by atoms with Crippen LogP contribution in [0, 0.1) is 19.8 Å². The average molecular weight is 712 g/mol. The van der Waals surface area contributed by atoms with Gasteiger partial charge < -0.3 is 4.74 Å². The second-order valence-corrected chi connectivity index (χ2v) is 15.2. The summed E-state index contributed by atoms with van der Waals surface area (Å²) in [6, 6.07) is 56.5. The smallest absolute Gasteiger partial charge is 0.155 e. The molecule has 0 saturated heterocycles. The molecule has 0 fully saturated rings. The Bertz CT molecular complexity index is 2640. The van der Waals surface area contributed by atoms with E-state index in [2.05, 4.69) is 172 Å². The fraction of sp³-hybridized carbons (Fsp3) is 0.157. The van der Waals surface area contributed by atoms with Crippen LogP contribution in [0.4, 0.5) is 0 Å². The third-order valence-corrected chi connectivity index (χ3v) is 11.9. The first-order valence-electron chi connectivity index (χ1n) is 19.4. The Balaban J connectivity index is 1.14. The molecule has 1 aliphatic carbocycles. The predicted octanol–water partition coefficient (Wildman–Crippen LogP) is 12.2. The zero-order valence-corrected chi connectivity index (χ0v) is 31.3. The first kappa shape index (κ1) is 33.2. The maximum Gasteiger partial charge on any atom is 0.155 e. The number of fused-ring (bicyclic) bond motifs is 9. The van der Waals surface area contributed by atoms with Crippen LogP contribution in [0.3, 0.4) is 0 Å². The average Bonchev–Trinajstić information content (AvgIpc) is 3.50. The number of benzene rings is 6. The summed E-state index contributed by atoms with van der Waals surface area (Å²) in [5.74, 6) is 2.82. The Labute approximate surface area is 323 Å². The molecule has 4 heteroatoms. The molecule has 0 N–H and O–H groups in total. The highest BCUT2D eigenvalue weighted by Gasteiger charge is 2.51. The molecule has 7 aromatic rings. The molecule has 1 spiro atoms. The van der Waals surface area contributed by atoms with Gasteiger partial charge in [-0.15, -0.1) is 0 Å². The maximum atomic E-state index is 6.60. The summed E-state index contributed by atoms with van der Waals surface area (Å²) in [7, 11) is 0. The molecular weight excluding hydrogens is 671 g/mol. The van der Waals surface area contributed by atoms with Crippen molar-refractivity contribution in [2.75, 3.05) is 0 Å². The van der Waals surface area contributed by atoms with Crippen molar-refractivity contribution in [3.8, 4) is 33.8 Å². The Morgan fingerprint density at radius 2 is 1.20 bits per heavy atom. The maximum absolute atomic E-state index is 6.60. The van der Waals surface area contributed by atoms with Gasteiger partial charge in [-0.25, -0.2) is 4.99 Å². The van der Waals surface area contributed by atoms with Gasteiger partial charge in [-0.05, 0) is 95.8 Å². The van der Waals surface area contributed by atoms with E-state index in [1.54, 1.807) is 0 Å². The summed E-state index contributed by atoms with van der Waals surface area (Å²) < 4.78 is 6.60. The highest BCUT2D eigenvalue weighted by Crippen LogP contribution is 2.62. The lowest BCUT2D eigenvalue weighted by Gasteiger charge is -2.39. The predicted molar refractivity (Wildman–Crippen MR) is 224 cm³/mol. The normalized spacial score (nSPS) is 19.6. The van der Waals surface area contributed by atoms with Crippen LogP contribution in [-0.4, -0.2) is 16.5 Å². The van der Waals surface area contributed by atoms with Crippen molar-refractivity contribution < 1.29 is 4.74 Å². The van der Waals surface area contributed by atoms with Crippen LogP contribution in [0.1, 0.15) is 76.1 Å². The van der Waals surface area contributed by atoms with Gasteiger partial charge in [0.15, 0.2) is 5.84 Å². The monoisotopic (exact) mass is 711 g/mol. The van der Waals surface area contributed by atoms with Crippen LogP contribution in [0.2, 0.25) is 0 Å². The number of aromatic nitrogens is 1. The molecule has 55 heavy (non-hydrogen) atoms. The van der Waals surface area contributed by atoms with Gasteiger partial charge in [-0.2, -0.15) is 0 Å². The van der Waals surface area contributed by atoms with Crippen LogP contribution >= 0.6 is 0 Å². The van der Waals surface area contributed by atoms with Gasteiger partial charge in [-0.3, -0.25) is 9.98 Å². The lowest BCUT2D eigenvalue weighted by atomic mass is 9.66. The molecule has 0 radical (unpaired) electrons. The van der Waals surface area contributed by atoms with Crippen molar-refractivity contribution in [3.05, 3.63) is 208 Å². The summed E-state index contributed by atoms with van der Waals surface area (Å²) in [4.78, 5) is 15.8. The van der Waals surface area contributed by atoms with Gasteiger partial charge in [-0.1, -0.05) is 140 Å². The highest BCUT2D eigenvalue weighted by atomic mass is 16.5. The largest absolute Gasteiger partial charge is 0.457 e. The van der Waals surface area contributed by atoms with Crippen LogP contribution in [-0.2, 0) is 5.41 Å². The molecule has 3 heterocycles. The van der Waals surface area contributed by atoms with Crippen molar-refractivity contribution in [2.24, 2.45) is 15.9 Å². The second kappa shape index (κ2) is 13.2. The second-order valence-electron chi connectivity index (χ2n) is 15.2. The van der Waals surface area contributed by atoms with Gasteiger partial charge in [0, 0.05) is 33.6 Å². The molecule has 2 atom stereocenters. The third-order valence-electron chi connectivity index (χ3n) is 11.9. The van der Waals surface area contributed by atoms with Crippen LogP contribution < -0.4 is 4.74 Å². The van der Waals surface area contributed by atoms with Gasteiger partial charge >= 0.3 is 0 Å². The third kappa shape index (κ3) is 5.39. The summed E-state index contributed by atoms with van der Waals surface area (Å²) in [5.41, 5.74) is 15.7. The molecule has 1 aromatic heterocycles. The van der Waals surface area contributed by atoms with E-state index in [1.165, 1.54) is 38.9 Å². The summed E-state index contributed by atoms with van der Waals surface area (Å²) >= 11 is 0. The Morgan fingerprint density at radius 1 is 0.564 bits per heavy atom. The first-order valence-corrected chi connectivity index (χ1v) is 19.4. The number of rotatable bonds is 4. The van der Waals surface area contributed by atoms with E-state index in [4.69, 9.17) is 19.7 Å². The number of aliphatic imine (C=N–C) groups is 2. The van der Waals surface area contributed by atoms with Crippen molar-refractivity contribution >= 4 is 11.5 Å². The topological polar surface area (TPSA) is 46.8 Å². The van der Waals surface area contributed by atoms with Crippen molar-refractivity contribution in [3.63, 3.8) is 0 Å². The number of aryl methyl sites for hydroxylation is 2. The van der Waals surface area contributed by atoms with E-state index >= 15 is 0 Å². The molecule has 2 unspecified atom stereocenters. The SMILES string of the molecule is Cc1ccc(-c2cccc(/C3=N/C(c4ccccc4)=N\C(c4ccc5c(c4)C4(c6ccccc6Oc6ccccc64)c4ccccc4-5)C(C)CC3)c2)c(C)n1. The number of hydrogen-bond donors (Lipinski definition) is 0. The van der Waals surface area contributed by atoms with E-state index < -0.39 is 5.41 Å². The molecule has 2 aliphatic heterocycles. The highest BCUT2D eigenvalue weighted by molar-refractivity contribution is 6.13. The zero-order valence-electron chi connectivity index (χ0n) is 31.3. The van der Waals surface area contributed by atoms with Crippen LogP contribution in [0.15, 0.2) is 168 Å². The summed E-state index contributed by atoms with van der Waals surface area (Å²) in [5, 5.41) is 0. The van der Waals surface area contributed by atoms with Gasteiger partial charge in [0.25, 0.3) is 0 Å². The minimum atomic E-state index is -0.522. The molecule has 0 bridgehead atoms. The molecule has 0 saturated carbocycles. The minimum absolute atomic E-state index is 0.0930. The number of amidine groups is 1. The number of nitrogens with zero attached hydrogens (tertiary/aromatic N) is 3. The van der Waals surface area contributed by atoms with Crippen molar-refractivity contribution in [2.45, 2.75) is 45.1 Å². The molecule has 0 amide bonds. The molecular formula is C51H41N3O. The quantitative estimate of drug-likeness (QED) is 0.182. The molecule has 4 nitrogen and oxygen atoms in total. The fourth-order valence-corrected chi connectivity index (χ4v) is 9.25. The number of hydrogen-bond acceptors (Lipinski definition) is 4. The molecule has 3 aliphatic rings. The van der Waals surface area contributed by atoms with Crippen LogP contribution in [0.25, 0.3) is 22.3 Å². The van der Waals surface area contributed by atoms with Gasteiger partial charge in [0.2, 0.25) is 0 Å². The van der Waals surface area contributed by atoms with Crippen LogP contribution in [0.5, 0.6) is 11.5 Å². The van der Waals surface area contributed by atoms with E-state index in [0.717, 1.165) is 69.5 Å². The first-order chi connectivity index (χ1) is 27.0. The number of ether oxygens (including phenoxy) is 1.